The number of carbonyl (C=O) groups is 1. The van der Waals surface area contributed by atoms with Crippen molar-refractivity contribution in [3.8, 4) is 22.6 Å². The summed E-state index contributed by atoms with van der Waals surface area (Å²) >= 11 is 6.21. The van der Waals surface area contributed by atoms with E-state index in [1.54, 1.807) is 12.4 Å². The minimum Gasteiger partial charge on any atom is -0.493 e. The lowest BCUT2D eigenvalue weighted by Gasteiger charge is -2.18. The Morgan fingerprint density at radius 2 is 1.88 bits per heavy atom. The number of benzene rings is 2. The maximum absolute atomic E-state index is 11.3. The molecule has 168 valence electrons. The van der Waals surface area contributed by atoms with Crippen LogP contribution in [0.25, 0.3) is 11.1 Å². The number of pyridine rings is 1. The average molecular weight is 454 g/mol. The third-order valence-corrected chi connectivity index (χ3v) is 5.43. The Morgan fingerprint density at radius 3 is 2.59 bits per heavy atom. The van der Waals surface area contributed by atoms with E-state index in [0.717, 1.165) is 40.2 Å². The molecule has 0 aliphatic rings. The van der Waals surface area contributed by atoms with Gasteiger partial charge in [-0.2, -0.15) is 0 Å². The van der Waals surface area contributed by atoms with Gasteiger partial charge in [0, 0.05) is 35.8 Å². The predicted octanol–water partition coefficient (Wildman–Crippen LogP) is 6.05. The normalized spacial score (nSPS) is 11.6. The number of esters is 1. The highest BCUT2D eigenvalue weighted by molar-refractivity contribution is 6.31. The van der Waals surface area contributed by atoms with Crippen LogP contribution in [0, 0.1) is 6.92 Å². The van der Waals surface area contributed by atoms with Crippen LogP contribution in [0.4, 0.5) is 0 Å². The summed E-state index contributed by atoms with van der Waals surface area (Å²) in [6.45, 7) is 4.57. The summed E-state index contributed by atoms with van der Waals surface area (Å²) in [4.78, 5) is 15.4. The molecule has 0 spiro atoms. The van der Waals surface area contributed by atoms with Crippen LogP contribution in [0.1, 0.15) is 30.9 Å². The van der Waals surface area contributed by atoms with E-state index < -0.39 is 0 Å². The van der Waals surface area contributed by atoms with Crippen LogP contribution >= 0.6 is 11.6 Å². The number of aryl methyl sites for hydroxylation is 2. The number of carbonyl (C=O) groups excluding carboxylic acids is 1. The summed E-state index contributed by atoms with van der Waals surface area (Å²) in [5.41, 5.74) is 4.15. The van der Waals surface area contributed by atoms with E-state index in [9.17, 15) is 4.79 Å². The standard InChI is InChI=1S/C26H28ClNO4/c1-18-16-23(7-4-20(18)5-9-26(29)30-3)31-15-12-19(2)32-25-8-6-22(27)17-24(25)21-10-13-28-14-11-21/h4,6-8,10-11,13-14,16-17,19H,5,9,12,15H2,1-3H3. The van der Waals surface area contributed by atoms with Crippen molar-refractivity contribution in [2.24, 2.45) is 0 Å². The number of nitrogens with zero attached hydrogens (tertiary/aromatic N) is 1. The fourth-order valence-corrected chi connectivity index (χ4v) is 3.53. The van der Waals surface area contributed by atoms with E-state index in [0.29, 0.717) is 24.5 Å². The Labute approximate surface area is 194 Å². The maximum atomic E-state index is 11.3. The minimum atomic E-state index is -0.202. The molecule has 1 atom stereocenters. The van der Waals surface area contributed by atoms with Crippen LogP contribution in [0.15, 0.2) is 60.9 Å². The quantitative estimate of drug-likeness (QED) is 0.349. The summed E-state index contributed by atoms with van der Waals surface area (Å²) in [5.74, 6) is 1.38. The lowest BCUT2D eigenvalue weighted by Crippen LogP contribution is -2.16. The van der Waals surface area contributed by atoms with Gasteiger partial charge >= 0.3 is 5.97 Å². The zero-order valence-corrected chi connectivity index (χ0v) is 19.4. The molecule has 0 bridgehead atoms. The molecule has 3 rings (SSSR count). The number of hydrogen-bond donors (Lipinski definition) is 0. The highest BCUT2D eigenvalue weighted by Crippen LogP contribution is 2.33. The molecule has 1 aromatic heterocycles. The number of ether oxygens (including phenoxy) is 3. The van der Waals surface area contributed by atoms with Gasteiger partial charge in [0.15, 0.2) is 0 Å². The Bertz CT molecular complexity index is 1040. The van der Waals surface area contributed by atoms with Crippen LogP contribution < -0.4 is 9.47 Å². The van der Waals surface area contributed by atoms with Crippen molar-refractivity contribution >= 4 is 17.6 Å². The maximum Gasteiger partial charge on any atom is 0.305 e. The van der Waals surface area contributed by atoms with Gasteiger partial charge in [-0.1, -0.05) is 17.7 Å². The molecule has 0 aliphatic carbocycles. The van der Waals surface area contributed by atoms with Crippen molar-refractivity contribution in [2.45, 2.75) is 39.2 Å². The van der Waals surface area contributed by atoms with E-state index in [2.05, 4.69) is 4.98 Å². The first-order valence-electron chi connectivity index (χ1n) is 10.6. The van der Waals surface area contributed by atoms with Crippen molar-refractivity contribution < 1.29 is 19.0 Å². The zero-order chi connectivity index (χ0) is 22.9. The fourth-order valence-electron chi connectivity index (χ4n) is 3.36. The summed E-state index contributed by atoms with van der Waals surface area (Å²) < 4.78 is 16.8. The molecule has 2 aromatic carbocycles. The Kier molecular flexibility index (Phi) is 8.51. The van der Waals surface area contributed by atoms with Gasteiger partial charge in [-0.05, 0) is 79.4 Å². The smallest absolute Gasteiger partial charge is 0.305 e. The minimum absolute atomic E-state index is 0.0443. The van der Waals surface area contributed by atoms with Crippen LogP contribution in [0.2, 0.25) is 5.02 Å². The zero-order valence-electron chi connectivity index (χ0n) is 18.6. The lowest BCUT2D eigenvalue weighted by molar-refractivity contribution is -0.140. The first-order chi connectivity index (χ1) is 15.5. The predicted molar refractivity (Wildman–Crippen MR) is 126 cm³/mol. The second kappa shape index (κ2) is 11.5. The Morgan fingerprint density at radius 1 is 1.09 bits per heavy atom. The van der Waals surface area contributed by atoms with E-state index in [1.807, 2.05) is 62.4 Å². The molecule has 5 nitrogen and oxygen atoms in total. The Hall–Kier alpha value is -3.05. The van der Waals surface area contributed by atoms with Gasteiger partial charge < -0.3 is 14.2 Å². The van der Waals surface area contributed by atoms with Crippen LogP contribution in [-0.2, 0) is 16.0 Å². The van der Waals surface area contributed by atoms with E-state index in [1.165, 1.54) is 7.11 Å². The molecular weight excluding hydrogens is 426 g/mol. The highest BCUT2D eigenvalue weighted by Gasteiger charge is 2.12. The molecule has 0 N–H and O–H groups in total. The topological polar surface area (TPSA) is 57.7 Å². The van der Waals surface area contributed by atoms with Gasteiger partial charge in [0.2, 0.25) is 0 Å². The van der Waals surface area contributed by atoms with Gasteiger partial charge in [-0.3, -0.25) is 9.78 Å². The van der Waals surface area contributed by atoms with Crippen LogP contribution in [0.3, 0.4) is 0 Å². The molecule has 0 radical (unpaired) electrons. The fraction of sp³-hybridized carbons (Fsp3) is 0.308. The molecule has 0 amide bonds. The number of hydrogen-bond acceptors (Lipinski definition) is 5. The summed E-state index contributed by atoms with van der Waals surface area (Å²) in [6.07, 6.45) is 5.21. The van der Waals surface area contributed by atoms with Gasteiger partial charge in [0.25, 0.3) is 0 Å². The molecule has 0 aliphatic heterocycles. The van der Waals surface area contributed by atoms with Gasteiger partial charge in [-0.25, -0.2) is 0 Å². The average Bonchev–Trinajstić information content (AvgIpc) is 2.80. The molecule has 3 aromatic rings. The van der Waals surface area contributed by atoms with Crippen molar-refractivity contribution in [2.75, 3.05) is 13.7 Å². The monoisotopic (exact) mass is 453 g/mol. The van der Waals surface area contributed by atoms with Crippen molar-refractivity contribution in [1.29, 1.82) is 0 Å². The van der Waals surface area contributed by atoms with Gasteiger partial charge in [0.05, 0.1) is 19.8 Å². The molecule has 6 heteroatoms. The number of halogens is 1. The number of methoxy groups -OCH3 is 1. The first kappa shape index (κ1) is 23.6. The molecule has 1 heterocycles. The van der Waals surface area contributed by atoms with E-state index in [4.69, 9.17) is 25.8 Å². The van der Waals surface area contributed by atoms with Gasteiger partial charge in [-0.15, -0.1) is 0 Å². The van der Waals surface area contributed by atoms with Crippen molar-refractivity contribution in [3.05, 3.63) is 77.1 Å². The highest BCUT2D eigenvalue weighted by atomic mass is 35.5. The van der Waals surface area contributed by atoms with Crippen LogP contribution in [0.5, 0.6) is 11.5 Å². The first-order valence-corrected chi connectivity index (χ1v) is 11.0. The third kappa shape index (κ3) is 6.72. The number of aromatic nitrogens is 1. The molecule has 0 saturated heterocycles. The second-order valence-electron chi connectivity index (χ2n) is 7.61. The second-order valence-corrected chi connectivity index (χ2v) is 8.04. The molecule has 0 saturated carbocycles. The lowest BCUT2D eigenvalue weighted by atomic mass is 10.0. The molecule has 32 heavy (non-hydrogen) atoms. The largest absolute Gasteiger partial charge is 0.493 e. The van der Waals surface area contributed by atoms with Crippen LogP contribution in [-0.4, -0.2) is 30.8 Å². The molecular formula is C26H28ClNO4. The SMILES string of the molecule is COC(=O)CCc1ccc(OCCC(C)Oc2ccc(Cl)cc2-c2ccncc2)cc1C. The molecule has 1 unspecified atom stereocenters. The van der Waals surface area contributed by atoms with Gasteiger partial charge in [0.1, 0.15) is 11.5 Å². The third-order valence-electron chi connectivity index (χ3n) is 5.19. The molecule has 0 fully saturated rings. The van der Waals surface area contributed by atoms with Crippen molar-refractivity contribution in [3.63, 3.8) is 0 Å². The van der Waals surface area contributed by atoms with Crippen molar-refractivity contribution in [1.82, 2.24) is 4.98 Å². The number of rotatable bonds is 10. The summed E-state index contributed by atoms with van der Waals surface area (Å²) in [5, 5.41) is 0.658. The summed E-state index contributed by atoms with van der Waals surface area (Å²) in [6, 6.07) is 15.4. The Balaban J connectivity index is 1.54. The van der Waals surface area contributed by atoms with E-state index in [-0.39, 0.29) is 12.1 Å². The van der Waals surface area contributed by atoms with E-state index >= 15 is 0 Å². The summed E-state index contributed by atoms with van der Waals surface area (Å²) in [7, 11) is 1.41.